The Bertz CT molecular complexity index is 668. The van der Waals surface area contributed by atoms with Gasteiger partial charge in [0, 0.05) is 21.3 Å². The van der Waals surface area contributed by atoms with Gasteiger partial charge in [-0.2, -0.15) is 0 Å². The van der Waals surface area contributed by atoms with E-state index in [-0.39, 0.29) is 0 Å². The van der Waals surface area contributed by atoms with Crippen molar-refractivity contribution < 1.29 is 0 Å². The SMILES string of the molecule is Cc1ccc2cc(-c3ccc(N)nc3)sc2c1. The van der Waals surface area contributed by atoms with E-state index in [0.717, 1.165) is 5.56 Å². The molecule has 0 saturated carbocycles. The number of aromatic nitrogens is 1. The van der Waals surface area contributed by atoms with E-state index in [1.807, 2.05) is 18.3 Å². The first kappa shape index (κ1) is 10.3. The molecule has 1 aromatic carbocycles. The van der Waals surface area contributed by atoms with E-state index in [1.165, 1.54) is 20.5 Å². The highest BCUT2D eigenvalue weighted by Gasteiger charge is 2.04. The van der Waals surface area contributed by atoms with Crippen LogP contribution in [-0.4, -0.2) is 4.98 Å². The Morgan fingerprint density at radius 2 is 2.00 bits per heavy atom. The molecule has 0 amide bonds. The standard InChI is InChI=1S/C14H12N2S/c1-9-2-3-10-7-13(17-12(10)6-9)11-4-5-14(15)16-8-11/h2-8H,1H3,(H2,15,16). The lowest BCUT2D eigenvalue weighted by Gasteiger charge is -1.96. The molecule has 3 heteroatoms. The van der Waals surface area contributed by atoms with Gasteiger partial charge < -0.3 is 5.73 Å². The first-order valence-electron chi connectivity index (χ1n) is 5.44. The summed E-state index contributed by atoms with van der Waals surface area (Å²) in [5, 5.41) is 1.28. The summed E-state index contributed by atoms with van der Waals surface area (Å²) in [4.78, 5) is 5.36. The van der Waals surface area contributed by atoms with Crippen LogP contribution in [0.25, 0.3) is 20.5 Å². The first-order chi connectivity index (χ1) is 8.22. The molecule has 2 nitrogen and oxygen atoms in total. The van der Waals surface area contributed by atoms with E-state index in [4.69, 9.17) is 5.73 Å². The van der Waals surface area contributed by atoms with Crippen LogP contribution in [-0.2, 0) is 0 Å². The van der Waals surface area contributed by atoms with Crippen LogP contribution in [0.15, 0.2) is 42.6 Å². The lowest BCUT2D eigenvalue weighted by atomic mass is 10.1. The highest BCUT2D eigenvalue weighted by Crippen LogP contribution is 2.33. The summed E-state index contributed by atoms with van der Waals surface area (Å²) < 4.78 is 1.32. The second kappa shape index (κ2) is 3.86. The van der Waals surface area contributed by atoms with Crippen LogP contribution in [0.3, 0.4) is 0 Å². The second-order valence-electron chi connectivity index (χ2n) is 4.12. The fourth-order valence-electron chi connectivity index (χ4n) is 1.83. The van der Waals surface area contributed by atoms with Crippen LogP contribution in [0.4, 0.5) is 5.82 Å². The lowest BCUT2D eigenvalue weighted by molar-refractivity contribution is 1.34. The maximum Gasteiger partial charge on any atom is 0.123 e. The van der Waals surface area contributed by atoms with Gasteiger partial charge in [0.25, 0.3) is 0 Å². The molecule has 0 spiro atoms. The predicted octanol–water partition coefficient (Wildman–Crippen LogP) is 3.85. The molecular formula is C14H12N2S. The van der Waals surface area contributed by atoms with Crippen molar-refractivity contribution in [2.75, 3.05) is 5.73 Å². The van der Waals surface area contributed by atoms with Crippen molar-refractivity contribution in [2.45, 2.75) is 6.92 Å². The summed E-state index contributed by atoms with van der Waals surface area (Å²) in [7, 11) is 0. The van der Waals surface area contributed by atoms with Crippen LogP contribution in [0.1, 0.15) is 5.56 Å². The highest BCUT2D eigenvalue weighted by molar-refractivity contribution is 7.22. The highest BCUT2D eigenvalue weighted by atomic mass is 32.1. The molecule has 84 valence electrons. The van der Waals surface area contributed by atoms with Crippen molar-refractivity contribution in [1.29, 1.82) is 0 Å². The fourth-order valence-corrected chi connectivity index (χ4v) is 2.98. The number of benzene rings is 1. The monoisotopic (exact) mass is 240 g/mol. The second-order valence-corrected chi connectivity index (χ2v) is 5.21. The lowest BCUT2D eigenvalue weighted by Crippen LogP contribution is -1.87. The van der Waals surface area contributed by atoms with Crippen LogP contribution in [0, 0.1) is 6.92 Å². The van der Waals surface area contributed by atoms with Crippen molar-refractivity contribution in [1.82, 2.24) is 4.98 Å². The van der Waals surface area contributed by atoms with Gasteiger partial charge in [-0.3, -0.25) is 0 Å². The molecule has 0 saturated heterocycles. The van der Waals surface area contributed by atoms with E-state index in [9.17, 15) is 0 Å². The molecule has 0 aliphatic rings. The molecule has 17 heavy (non-hydrogen) atoms. The number of nitrogens with zero attached hydrogens (tertiary/aromatic N) is 1. The average molecular weight is 240 g/mol. The summed E-state index contributed by atoms with van der Waals surface area (Å²) in [6.07, 6.45) is 1.83. The molecule has 3 aromatic rings. The largest absolute Gasteiger partial charge is 0.384 e. The molecule has 0 fully saturated rings. The topological polar surface area (TPSA) is 38.9 Å². The molecule has 0 aliphatic heterocycles. The normalized spacial score (nSPS) is 10.9. The molecular weight excluding hydrogens is 228 g/mol. The average Bonchev–Trinajstić information content (AvgIpc) is 2.72. The number of hydrogen-bond donors (Lipinski definition) is 1. The van der Waals surface area contributed by atoms with Gasteiger partial charge >= 0.3 is 0 Å². The molecule has 3 rings (SSSR count). The van der Waals surface area contributed by atoms with Crippen molar-refractivity contribution in [3.8, 4) is 10.4 Å². The van der Waals surface area contributed by atoms with E-state index < -0.39 is 0 Å². The summed E-state index contributed by atoms with van der Waals surface area (Å²) in [5.74, 6) is 0.561. The Hall–Kier alpha value is -1.87. The molecule has 2 aromatic heterocycles. The number of pyridine rings is 1. The predicted molar refractivity (Wildman–Crippen MR) is 74.2 cm³/mol. The van der Waals surface area contributed by atoms with Crippen LogP contribution in [0.2, 0.25) is 0 Å². The summed E-state index contributed by atoms with van der Waals surface area (Å²) >= 11 is 1.79. The van der Waals surface area contributed by atoms with Gasteiger partial charge in [0.1, 0.15) is 5.82 Å². The van der Waals surface area contributed by atoms with Crippen LogP contribution < -0.4 is 5.73 Å². The van der Waals surface area contributed by atoms with E-state index in [1.54, 1.807) is 11.3 Å². The maximum atomic E-state index is 5.59. The van der Waals surface area contributed by atoms with Gasteiger partial charge in [-0.05, 0) is 42.1 Å². The van der Waals surface area contributed by atoms with Crippen molar-refractivity contribution >= 4 is 27.2 Å². The van der Waals surface area contributed by atoms with E-state index in [2.05, 4.69) is 36.2 Å². The van der Waals surface area contributed by atoms with Crippen molar-refractivity contribution in [3.05, 3.63) is 48.2 Å². The third-order valence-corrected chi connectivity index (χ3v) is 3.89. The molecule has 2 heterocycles. The number of hydrogen-bond acceptors (Lipinski definition) is 3. The van der Waals surface area contributed by atoms with E-state index >= 15 is 0 Å². The summed E-state index contributed by atoms with van der Waals surface area (Å²) in [6, 6.07) is 12.6. The quantitative estimate of drug-likeness (QED) is 0.701. The third-order valence-electron chi connectivity index (χ3n) is 2.75. The molecule has 0 aliphatic carbocycles. The van der Waals surface area contributed by atoms with Gasteiger partial charge in [0.2, 0.25) is 0 Å². The molecule has 2 N–H and O–H groups in total. The summed E-state index contributed by atoms with van der Waals surface area (Å²) in [6.45, 7) is 2.11. The minimum atomic E-state index is 0.561. The van der Waals surface area contributed by atoms with Crippen molar-refractivity contribution in [3.63, 3.8) is 0 Å². The minimum Gasteiger partial charge on any atom is -0.384 e. The molecule has 0 unspecified atom stereocenters. The zero-order chi connectivity index (χ0) is 11.8. The Morgan fingerprint density at radius 1 is 1.12 bits per heavy atom. The number of anilines is 1. The fraction of sp³-hybridized carbons (Fsp3) is 0.0714. The number of thiophene rings is 1. The number of aryl methyl sites for hydroxylation is 1. The van der Waals surface area contributed by atoms with Gasteiger partial charge in [0.15, 0.2) is 0 Å². The first-order valence-corrected chi connectivity index (χ1v) is 6.26. The smallest absolute Gasteiger partial charge is 0.123 e. The van der Waals surface area contributed by atoms with Gasteiger partial charge in [-0.15, -0.1) is 11.3 Å². The van der Waals surface area contributed by atoms with Crippen molar-refractivity contribution in [2.24, 2.45) is 0 Å². The summed E-state index contributed by atoms with van der Waals surface area (Å²) in [5.41, 5.74) is 8.01. The number of fused-ring (bicyclic) bond motifs is 1. The Kier molecular flexibility index (Phi) is 2.34. The van der Waals surface area contributed by atoms with Crippen LogP contribution in [0.5, 0.6) is 0 Å². The van der Waals surface area contributed by atoms with E-state index in [0.29, 0.717) is 5.82 Å². The zero-order valence-corrected chi connectivity index (χ0v) is 10.3. The number of nitrogens with two attached hydrogens (primary N) is 1. The third kappa shape index (κ3) is 1.89. The maximum absolute atomic E-state index is 5.59. The number of nitrogen functional groups attached to an aromatic ring is 1. The minimum absolute atomic E-state index is 0.561. The van der Waals surface area contributed by atoms with Gasteiger partial charge in [-0.25, -0.2) is 4.98 Å². The molecule has 0 bridgehead atoms. The van der Waals surface area contributed by atoms with Gasteiger partial charge in [0.05, 0.1) is 0 Å². The Balaban J connectivity index is 2.14. The molecule has 0 atom stereocenters. The Morgan fingerprint density at radius 3 is 2.76 bits per heavy atom. The van der Waals surface area contributed by atoms with Gasteiger partial charge in [-0.1, -0.05) is 12.1 Å². The molecule has 0 radical (unpaired) electrons. The number of rotatable bonds is 1. The Labute approximate surface area is 104 Å². The van der Waals surface area contributed by atoms with Crippen LogP contribution >= 0.6 is 11.3 Å². The zero-order valence-electron chi connectivity index (χ0n) is 9.47.